The van der Waals surface area contributed by atoms with Crippen molar-refractivity contribution < 1.29 is 14.7 Å². The van der Waals surface area contributed by atoms with Gasteiger partial charge in [-0.2, -0.15) is 0 Å². The second kappa shape index (κ2) is 8.08. The summed E-state index contributed by atoms with van der Waals surface area (Å²) in [4.78, 5) is 25.5. The van der Waals surface area contributed by atoms with E-state index in [9.17, 15) is 9.59 Å². The van der Waals surface area contributed by atoms with Gasteiger partial charge in [0, 0.05) is 32.7 Å². The van der Waals surface area contributed by atoms with E-state index in [0.29, 0.717) is 25.9 Å². The number of nitrogens with one attached hydrogen (secondary N) is 1. The lowest BCUT2D eigenvalue weighted by atomic mass is 9.96. The van der Waals surface area contributed by atoms with E-state index in [1.165, 1.54) is 0 Å². The number of likely N-dealkylation sites (tertiary alicyclic amines) is 1. The third-order valence-corrected chi connectivity index (χ3v) is 3.24. The van der Waals surface area contributed by atoms with Gasteiger partial charge in [0.05, 0.1) is 5.92 Å². The number of hydrogen-bond acceptors (Lipinski definition) is 3. The molecule has 0 spiro atoms. The highest BCUT2D eigenvalue weighted by Crippen LogP contribution is 2.17. The third-order valence-electron chi connectivity index (χ3n) is 3.24. The number of hydrogen-bond donors (Lipinski definition) is 2. The molecule has 1 aliphatic heterocycles. The van der Waals surface area contributed by atoms with E-state index >= 15 is 0 Å². The van der Waals surface area contributed by atoms with Gasteiger partial charge in [0.25, 0.3) is 0 Å². The number of carbonyl (C=O) groups is 2. The molecule has 1 fully saturated rings. The Balaban J connectivity index is 2.38. The summed E-state index contributed by atoms with van der Waals surface area (Å²) in [6, 6.07) is 0. The Morgan fingerprint density at radius 1 is 1.44 bits per heavy atom. The highest BCUT2D eigenvalue weighted by molar-refractivity contribution is 5.81. The summed E-state index contributed by atoms with van der Waals surface area (Å²) >= 11 is 0. The normalized spacial score (nSPS) is 19.7. The average Bonchev–Trinajstić information content (AvgIpc) is 2.39. The molecule has 104 valence electrons. The van der Waals surface area contributed by atoms with Gasteiger partial charge in [-0.1, -0.05) is 6.92 Å². The van der Waals surface area contributed by atoms with Crippen LogP contribution in [0.1, 0.15) is 39.0 Å². The second-order valence-corrected chi connectivity index (χ2v) is 4.80. The largest absolute Gasteiger partial charge is 0.396 e. The van der Waals surface area contributed by atoms with Crippen LogP contribution in [0, 0.1) is 5.92 Å². The van der Waals surface area contributed by atoms with E-state index in [2.05, 4.69) is 5.32 Å². The molecule has 2 amide bonds. The van der Waals surface area contributed by atoms with Crippen molar-refractivity contribution >= 4 is 11.8 Å². The van der Waals surface area contributed by atoms with Gasteiger partial charge in [-0.25, -0.2) is 0 Å². The van der Waals surface area contributed by atoms with Crippen molar-refractivity contribution in [1.29, 1.82) is 0 Å². The summed E-state index contributed by atoms with van der Waals surface area (Å²) in [6.07, 6.45) is 3.74. The van der Waals surface area contributed by atoms with Gasteiger partial charge in [0.1, 0.15) is 0 Å². The molecule has 1 atom stereocenters. The Labute approximate surface area is 109 Å². The summed E-state index contributed by atoms with van der Waals surface area (Å²) in [5.74, 6) is 0.0843. The van der Waals surface area contributed by atoms with Gasteiger partial charge in [0.15, 0.2) is 0 Å². The minimum atomic E-state index is -0.0850. The van der Waals surface area contributed by atoms with E-state index in [1.54, 1.807) is 0 Å². The maximum atomic E-state index is 11.9. The summed E-state index contributed by atoms with van der Waals surface area (Å²) in [6.45, 7) is 3.91. The molecule has 5 heteroatoms. The van der Waals surface area contributed by atoms with Crippen molar-refractivity contribution in [2.24, 2.45) is 5.92 Å². The van der Waals surface area contributed by atoms with Crippen molar-refractivity contribution in [2.75, 3.05) is 26.2 Å². The molecule has 0 aromatic carbocycles. The zero-order valence-corrected chi connectivity index (χ0v) is 11.2. The zero-order chi connectivity index (χ0) is 13.4. The summed E-state index contributed by atoms with van der Waals surface area (Å²) < 4.78 is 0. The van der Waals surface area contributed by atoms with Crippen LogP contribution in [0.25, 0.3) is 0 Å². The van der Waals surface area contributed by atoms with Crippen LogP contribution in [-0.4, -0.2) is 48.1 Å². The van der Waals surface area contributed by atoms with E-state index in [0.717, 1.165) is 25.8 Å². The number of aliphatic hydroxyl groups is 1. The van der Waals surface area contributed by atoms with Crippen LogP contribution in [0.5, 0.6) is 0 Å². The minimum absolute atomic E-state index is 0.0115. The molecule has 0 aromatic heterocycles. The fourth-order valence-electron chi connectivity index (χ4n) is 2.22. The van der Waals surface area contributed by atoms with Crippen LogP contribution in [0.15, 0.2) is 0 Å². The van der Waals surface area contributed by atoms with Crippen molar-refractivity contribution in [1.82, 2.24) is 10.2 Å². The minimum Gasteiger partial charge on any atom is -0.396 e. The lowest BCUT2D eigenvalue weighted by Crippen LogP contribution is -2.45. The van der Waals surface area contributed by atoms with Gasteiger partial charge < -0.3 is 15.3 Å². The van der Waals surface area contributed by atoms with Gasteiger partial charge in [-0.15, -0.1) is 0 Å². The van der Waals surface area contributed by atoms with Crippen LogP contribution in [0.3, 0.4) is 0 Å². The monoisotopic (exact) mass is 256 g/mol. The van der Waals surface area contributed by atoms with Gasteiger partial charge in [-0.3, -0.25) is 9.59 Å². The maximum absolute atomic E-state index is 11.9. The molecule has 1 heterocycles. The molecule has 1 rings (SSSR count). The standard InChI is InChI=1S/C13H24N2O3/c1-2-5-12(17)15-8-3-6-11(10-15)13(18)14-7-4-9-16/h11,16H,2-10H2,1H3,(H,14,18). The van der Waals surface area contributed by atoms with E-state index in [-0.39, 0.29) is 24.3 Å². The summed E-state index contributed by atoms with van der Waals surface area (Å²) in [5, 5.41) is 11.5. The first-order chi connectivity index (χ1) is 8.69. The van der Waals surface area contributed by atoms with Gasteiger partial charge in [-0.05, 0) is 25.7 Å². The molecule has 2 N–H and O–H groups in total. The lowest BCUT2D eigenvalue weighted by Gasteiger charge is -2.32. The van der Waals surface area contributed by atoms with Crippen LogP contribution in [0.2, 0.25) is 0 Å². The highest BCUT2D eigenvalue weighted by atomic mass is 16.3. The predicted molar refractivity (Wildman–Crippen MR) is 68.9 cm³/mol. The fourth-order valence-corrected chi connectivity index (χ4v) is 2.22. The van der Waals surface area contributed by atoms with Crippen LogP contribution >= 0.6 is 0 Å². The quantitative estimate of drug-likeness (QED) is 0.681. The maximum Gasteiger partial charge on any atom is 0.224 e. The second-order valence-electron chi connectivity index (χ2n) is 4.80. The Hall–Kier alpha value is -1.10. The lowest BCUT2D eigenvalue weighted by molar-refractivity contribution is -0.135. The molecule has 1 saturated heterocycles. The van der Waals surface area contributed by atoms with Crippen molar-refractivity contribution in [3.8, 4) is 0 Å². The number of amides is 2. The van der Waals surface area contributed by atoms with E-state index in [1.807, 2.05) is 11.8 Å². The molecular weight excluding hydrogens is 232 g/mol. The fraction of sp³-hybridized carbons (Fsp3) is 0.846. The third kappa shape index (κ3) is 4.64. The molecule has 5 nitrogen and oxygen atoms in total. The molecule has 0 aliphatic carbocycles. The SMILES string of the molecule is CCCC(=O)N1CCCC(C(=O)NCCCO)C1. The average molecular weight is 256 g/mol. The molecular formula is C13H24N2O3. The number of carbonyl (C=O) groups excluding carboxylic acids is 2. The van der Waals surface area contributed by atoms with Crippen molar-refractivity contribution in [3.05, 3.63) is 0 Å². The molecule has 0 bridgehead atoms. The molecule has 1 aliphatic rings. The van der Waals surface area contributed by atoms with E-state index in [4.69, 9.17) is 5.11 Å². The van der Waals surface area contributed by atoms with Crippen LogP contribution in [0.4, 0.5) is 0 Å². The highest BCUT2D eigenvalue weighted by Gasteiger charge is 2.27. The first-order valence-electron chi connectivity index (χ1n) is 6.85. The Kier molecular flexibility index (Phi) is 6.72. The Morgan fingerprint density at radius 3 is 2.89 bits per heavy atom. The van der Waals surface area contributed by atoms with Crippen LogP contribution < -0.4 is 5.32 Å². The number of piperidine rings is 1. The summed E-state index contributed by atoms with van der Waals surface area (Å²) in [5.41, 5.74) is 0. The molecule has 0 saturated carbocycles. The number of rotatable bonds is 6. The Bertz CT molecular complexity index is 281. The zero-order valence-electron chi connectivity index (χ0n) is 11.2. The Morgan fingerprint density at radius 2 is 2.22 bits per heavy atom. The van der Waals surface area contributed by atoms with Crippen molar-refractivity contribution in [2.45, 2.75) is 39.0 Å². The first-order valence-corrected chi connectivity index (χ1v) is 6.85. The molecule has 0 radical (unpaired) electrons. The van der Waals surface area contributed by atoms with Crippen molar-refractivity contribution in [3.63, 3.8) is 0 Å². The number of aliphatic hydroxyl groups excluding tert-OH is 1. The summed E-state index contributed by atoms with van der Waals surface area (Å²) in [7, 11) is 0. The predicted octanol–water partition coefficient (Wildman–Crippen LogP) is 0.524. The first kappa shape index (κ1) is 15.0. The topological polar surface area (TPSA) is 69.6 Å². The smallest absolute Gasteiger partial charge is 0.224 e. The molecule has 0 aromatic rings. The number of nitrogens with zero attached hydrogens (tertiary/aromatic N) is 1. The van der Waals surface area contributed by atoms with Gasteiger partial charge >= 0.3 is 0 Å². The molecule has 1 unspecified atom stereocenters. The van der Waals surface area contributed by atoms with E-state index < -0.39 is 0 Å². The molecule has 18 heavy (non-hydrogen) atoms. The van der Waals surface area contributed by atoms with Crippen LogP contribution in [-0.2, 0) is 9.59 Å². The van der Waals surface area contributed by atoms with Gasteiger partial charge in [0.2, 0.25) is 11.8 Å².